The standard InChI is InChI=1S/C28H35NO8/c1-15-7-8-17-13-20-28(33)10-9-18(24-27(28,11-12-29(20)6)22(17)23(15)36-24)35-21(31)14-19(34-16(2)30)25(32)37-26(3,4)5/h7-9,19-20,24,33H,10-14H2,1-6H3/t19?,20-,24+,27+,28-/m1/s1. The third kappa shape index (κ3) is 3.94. The van der Waals surface area contributed by atoms with E-state index in [1.807, 2.05) is 20.0 Å². The lowest BCUT2D eigenvalue weighted by Crippen LogP contribution is -2.74. The number of nitrogens with zero attached hydrogens (tertiary/aromatic N) is 1. The van der Waals surface area contributed by atoms with E-state index in [9.17, 15) is 19.5 Å². The van der Waals surface area contributed by atoms with Gasteiger partial charge in [-0.1, -0.05) is 12.1 Å². The first-order valence-electron chi connectivity index (χ1n) is 12.8. The Morgan fingerprint density at radius 1 is 1.27 bits per heavy atom. The van der Waals surface area contributed by atoms with Crippen LogP contribution in [-0.4, -0.2) is 71.0 Å². The van der Waals surface area contributed by atoms with E-state index >= 15 is 0 Å². The molecule has 1 aromatic carbocycles. The first-order valence-corrected chi connectivity index (χ1v) is 12.8. The summed E-state index contributed by atoms with van der Waals surface area (Å²) < 4.78 is 22.7. The van der Waals surface area contributed by atoms with E-state index in [1.165, 1.54) is 0 Å². The zero-order valence-electron chi connectivity index (χ0n) is 22.3. The Hall–Kier alpha value is -2.91. The molecule has 5 atom stereocenters. The lowest BCUT2D eigenvalue weighted by atomic mass is 9.50. The van der Waals surface area contributed by atoms with Gasteiger partial charge in [-0.2, -0.15) is 0 Å². The number of aryl methyl sites for hydroxylation is 1. The zero-order valence-corrected chi connectivity index (χ0v) is 22.3. The van der Waals surface area contributed by atoms with Gasteiger partial charge in [-0.3, -0.25) is 9.59 Å². The Balaban J connectivity index is 1.45. The third-order valence-corrected chi connectivity index (χ3v) is 8.13. The second kappa shape index (κ2) is 8.56. The molecule has 1 fully saturated rings. The summed E-state index contributed by atoms with van der Waals surface area (Å²) in [4.78, 5) is 39.5. The van der Waals surface area contributed by atoms with Crippen LogP contribution in [0.25, 0.3) is 0 Å². The average Bonchev–Trinajstić information content (AvgIpc) is 3.14. The van der Waals surface area contributed by atoms with E-state index in [-0.39, 0.29) is 6.04 Å². The molecule has 4 aliphatic rings. The molecular weight excluding hydrogens is 478 g/mol. The fourth-order valence-corrected chi connectivity index (χ4v) is 6.65. The molecule has 0 radical (unpaired) electrons. The molecule has 0 amide bonds. The van der Waals surface area contributed by atoms with Gasteiger partial charge in [-0.15, -0.1) is 0 Å². The number of likely N-dealkylation sites (N-methyl/N-ethyl adjacent to an activating group) is 1. The molecule has 1 saturated heterocycles. The van der Waals surface area contributed by atoms with Gasteiger partial charge in [0.2, 0.25) is 6.10 Å². The van der Waals surface area contributed by atoms with E-state index in [0.29, 0.717) is 18.6 Å². The minimum absolute atomic E-state index is 0.0949. The van der Waals surface area contributed by atoms with Gasteiger partial charge in [0.15, 0.2) is 6.10 Å². The molecule has 37 heavy (non-hydrogen) atoms. The number of carbonyl (C=O) groups excluding carboxylic acids is 3. The lowest BCUT2D eigenvalue weighted by Gasteiger charge is -2.61. The van der Waals surface area contributed by atoms with Crippen LogP contribution in [0.15, 0.2) is 24.0 Å². The van der Waals surface area contributed by atoms with E-state index in [0.717, 1.165) is 42.3 Å². The van der Waals surface area contributed by atoms with Crippen molar-refractivity contribution in [2.45, 2.75) is 95.2 Å². The second-order valence-corrected chi connectivity index (χ2v) is 11.7. The SMILES string of the molecule is CC(=O)OC(CC(=O)OC1=CC[C@@]2(O)[C@H]3Cc4ccc(C)c5c4[C@@]2(CCN3C)[C@H]1O5)C(=O)OC(C)(C)C. The highest BCUT2D eigenvalue weighted by atomic mass is 16.6. The third-order valence-electron chi connectivity index (χ3n) is 8.13. The summed E-state index contributed by atoms with van der Waals surface area (Å²) >= 11 is 0. The Morgan fingerprint density at radius 3 is 2.68 bits per heavy atom. The highest BCUT2D eigenvalue weighted by Gasteiger charge is 2.71. The van der Waals surface area contributed by atoms with Crippen molar-refractivity contribution in [3.8, 4) is 5.75 Å². The topological polar surface area (TPSA) is 112 Å². The molecule has 1 spiro atoms. The van der Waals surface area contributed by atoms with Crippen LogP contribution in [0.2, 0.25) is 0 Å². The van der Waals surface area contributed by atoms with Crippen LogP contribution in [0.3, 0.4) is 0 Å². The summed E-state index contributed by atoms with van der Waals surface area (Å²) in [5, 5.41) is 12.2. The quantitative estimate of drug-likeness (QED) is 0.469. The Labute approximate surface area is 216 Å². The minimum atomic E-state index is -1.43. The van der Waals surface area contributed by atoms with Gasteiger partial charge in [0.25, 0.3) is 0 Å². The van der Waals surface area contributed by atoms with Crippen molar-refractivity contribution in [1.82, 2.24) is 4.90 Å². The molecule has 1 N–H and O–H groups in total. The highest BCUT2D eigenvalue weighted by Crippen LogP contribution is 2.64. The second-order valence-electron chi connectivity index (χ2n) is 11.7. The van der Waals surface area contributed by atoms with Crippen LogP contribution in [0.1, 0.15) is 63.6 Å². The maximum atomic E-state index is 13.1. The molecule has 2 bridgehead atoms. The number of likely N-dealkylation sites (tertiary alicyclic amines) is 1. The van der Waals surface area contributed by atoms with Gasteiger partial charge in [-0.25, -0.2) is 4.79 Å². The number of aliphatic hydroxyl groups is 1. The number of hydrogen-bond donors (Lipinski definition) is 1. The van der Waals surface area contributed by atoms with Crippen LogP contribution in [0.4, 0.5) is 0 Å². The van der Waals surface area contributed by atoms with E-state index in [2.05, 4.69) is 11.0 Å². The van der Waals surface area contributed by atoms with Crippen LogP contribution < -0.4 is 4.74 Å². The van der Waals surface area contributed by atoms with Crippen molar-refractivity contribution < 1.29 is 38.4 Å². The number of ether oxygens (including phenoxy) is 4. The van der Waals surface area contributed by atoms with Crippen LogP contribution in [-0.2, 0) is 40.4 Å². The molecule has 2 aliphatic carbocycles. The Bertz CT molecular complexity index is 1200. The molecule has 9 nitrogen and oxygen atoms in total. The molecular formula is C28H35NO8. The summed E-state index contributed by atoms with van der Waals surface area (Å²) in [5.74, 6) is -1.21. The van der Waals surface area contributed by atoms with Crippen molar-refractivity contribution in [3.05, 3.63) is 40.7 Å². The normalized spacial score (nSPS) is 30.4. The fraction of sp³-hybridized carbons (Fsp3) is 0.607. The van der Waals surface area contributed by atoms with Crippen LogP contribution in [0, 0.1) is 6.92 Å². The fourth-order valence-electron chi connectivity index (χ4n) is 6.65. The number of carbonyl (C=O) groups is 3. The maximum absolute atomic E-state index is 13.1. The summed E-state index contributed by atoms with van der Waals surface area (Å²) in [6.07, 6.45) is 0.781. The summed E-state index contributed by atoms with van der Waals surface area (Å²) in [6, 6.07) is 4.05. The molecule has 2 heterocycles. The molecule has 200 valence electrons. The van der Waals surface area contributed by atoms with E-state index < -0.39 is 53.2 Å². The smallest absolute Gasteiger partial charge is 0.348 e. The average molecular weight is 514 g/mol. The first-order chi connectivity index (χ1) is 17.3. The zero-order chi connectivity index (χ0) is 26.9. The maximum Gasteiger partial charge on any atom is 0.348 e. The van der Waals surface area contributed by atoms with Crippen molar-refractivity contribution in [2.75, 3.05) is 13.6 Å². The van der Waals surface area contributed by atoms with Crippen LogP contribution >= 0.6 is 0 Å². The predicted molar refractivity (Wildman–Crippen MR) is 132 cm³/mol. The van der Waals surface area contributed by atoms with Crippen LogP contribution in [0.5, 0.6) is 5.75 Å². The van der Waals surface area contributed by atoms with Crippen molar-refractivity contribution in [1.29, 1.82) is 0 Å². The minimum Gasteiger partial charge on any atom is -0.481 e. The van der Waals surface area contributed by atoms with Gasteiger partial charge < -0.3 is 29.0 Å². The molecule has 1 aromatic rings. The Morgan fingerprint density at radius 2 is 2.00 bits per heavy atom. The molecule has 1 unspecified atom stereocenters. The van der Waals surface area contributed by atoms with E-state index in [1.54, 1.807) is 26.8 Å². The largest absolute Gasteiger partial charge is 0.481 e. The molecule has 2 aliphatic heterocycles. The number of benzene rings is 1. The summed E-state index contributed by atoms with van der Waals surface area (Å²) in [5.41, 5.74) is 0.495. The van der Waals surface area contributed by atoms with Gasteiger partial charge in [-0.05, 0) is 71.3 Å². The lowest BCUT2D eigenvalue weighted by molar-refractivity contribution is -0.179. The number of rotatable bonds is 5. The van der Waals surface area contributed by atoms with Gasteiger partial charge >= 0.3 is 17.9 Å². The first kappa shape index (κ1) is 25.7. The number of piperidine rings is 1. The predicted octanol–water partition coefficient (Wildman–Crippen LogP) is 2.48. The van der Waals surface area contributed by atoms with Crippen molar-refractivity contribution in [2.24, 2.45) is 0 Å². The number of hydrogen-bond acceptors (Lipinski definition) is 9. The van der Waals surface area contributed by atoms with E-state index in [4.69, 9.17) is 18.9 Å². The van der Waals surface area contributed by atoms with Gasteiger partial charge in [0, 0.05) is 24.9 Å². The molecule has 9 heteroatoms. The molecule has 0 aromatic heterocycles. The van der Waals surface area contributed by atoms with Crippen molar-refractivity contribution in [3.63, 3.8) is 0 Å². The number of esters is 3. The summed E-state index contributed by atoms with van der Waals surface area (Å²) in [6.45, 7) is 8.97. The Kier molecular flexibility index (Phi) is 5.95. The summed E-state index contributed by atoms with van der Waals surface area (Å²) in [7, 11) is 2.03. The monoisotopic (exact) mass is 513 g/mol. The molecule has 0 saturated carbocycles. The van der Waals surface area contributed by atoms with Gasteiger partial charge in [0.1, 0.15) is 17.1 Å². The highest BCUT2D eigenvalue weighted by molar-refractivity contribution is 5.84. The molecule has 5 rings (SSSR count). The van der Waals surface area contributed by atoms with Gasteiger partial charge in [0.05, 0.1) is 17.4 Å². The van der Waals surface area contributed by atoms with Crippen molar-refractivity contribution >= 4 is 17.9 Å².